The van der Waals surface area contributed by atoms with Crippen LogP contribution in [0.15, 0.2) is 47.4 Å². The van der Waals surface area contributed by atoms with Gasteiger partial charge in [0.2, 0.25) is 0 Å². The lowest BCUT2D eigenvalue weighted by Crippen LogP contribution is -2.02. The number of hydrogen-bond donors (Lipinski definition) is 0. The van der Waals surface area contributed by atoms with Crippen molar-refractivity contribution in [2.75, 3.05) is 0 Å². The van der Waals surface area contributed by atoms with Gasteiger partial charge in [-0.2, -0.15) is 0 Å². The topological polar surface area (TPSA) is 60.2 Å². The number of nitrogens with zero attached hydrogens (tertiary/aromatic N) is 1. The first-order valence-corrected chi connectivity index (χ1v) is 6.86. The Morgan fingerprint density at radius 3 is 2.45 bits per heavy atom. The van der Waals surface area contributed by atoms with Crippen molar-refractivity contribution in [2.45, 2.75) is 10.6 Å². The second-order valence-corrected chi connectivity index (χ2v) is 5.43. The third-order valence-electron chi connectivity index (χ3n) is 2.58. The Labute approximate surface area is 115 Å². The van der Waals surface area contributed by atoms with Crippen LogP contribution in [0.5, 0.6) is 0 Å². The van der Waals surface area contributed by atoms with E-state index in [0.29, 0.717) is 0 Å². The summed E-state index contributed by atoms with van der Waals surface area (Å²) in [6.45, 7) is 0. The van der Waals surface area contributed by atoms with Crippen LogP contribution < -0.4 is 0 Å². The molecular formula is C13H9F2NO3S. The van der Waals surface area contributed by atoms with E-state index in [-0.39, 0.29) is 21.9 Å². The van der Waals surface area contributed by atoms with E-state index in [1.165, 1.54) is 18.2 Å². The lowest BCUT2D eigenvalue weighted by molar-refractivity contribution is -0.385. The first kappa shape index (κ1) is 14.3. The molecular weight excluding hydrogens is 288 g/mol. The van der Waals surface area contributed by atoms with Crippen molar-refractivity contribution >= 4 is 16.5 Å². The molecule has 2 aromatic carbocycles. The molecule has 2 aromatic rings. The zero-order chi connectivity index (χ0) is 14.7. The van der Waals surface area contributed by atoms with Gasteiger partial charge < -0.3 is 0 Å². The van der Waals surface area contributed by atoms with Gasteiger partial charge in [0.25, 0.3) is 5.69 Å². The average Bonchev–Trinajstić information content (AvgIpc) is 2.38. The number of rotatable bonds is 4. The summed E-state index contributed by atoms with van der Waals surface area (Å²) < 4.78 is 38.2. The molecule has 4 nitrogen and oxygen atoms in total. The number of nitro groups is 1. The molecule has 2 rings (SSSR count). The number of halogens is 2. The minimum atomic E-state index is -1.69. The van der Waals surface area contributed by atoms with Gasteiger partial charge in [-0.05, 0) is 30.3 Å². The van der Waals surface area contributed by atoms with Crippen LogP contribution in [0.4, 0.5) is 14.5 Å². The quantitative estimate of drug-likeness (QED) is 0.643. The largest absolute Gasteiger partial charge is 0.273 e. The van der Waals surface area contributed by atoms with Crippen LogP contribution in [0.3, 0.4) is 0 Å². The summed E-state index contributed by atoms with van der Waals surface area (Å²) in [6.07, 6.45) is 0. The molecule has 104 valence electrons. The first-order valence-electron chi connectivity index (χ1n) is 5.54. The van der Waals surface area contributed by atoms with Crippen molar-refractivity contribution < 1.29 is 17.9 Å². The zero-order valence-electron chi connectivity index (χ0n) is 10.1. The molecule has 0 aromatic heterocycles. The fourth-order valence-electron chi connectivity index (χ4n) is 1.68. The normalized spacial score (nSPS) is 12.1. The third-order valence-corrected chi connectivity index (χ3v) is 3.94. The molecule has 1 atom stereocenters. The maximum absolute atomic E-state index is 13.1. The molecule has 0 N–H and O–H groups in total. The monoisotopic (exact) mass is 297 g/mol. The smallest absolute Gasteiger partial charge is 0.258 e. The highest BCUT2D eigenvalue weighted by molar-refractivity contribution is 7.84. The van der Waals surface area contributed by atoms with E-state index in [0.717, 1.165) is 24.3 Å². The fourth-order valence-corrected chi connectivity index (χ4v) is 2.84. The van der Waals surface area contributed by atoms with E-state index < -0.39 is 27.4 Å². The molecule has 0 saturated carbocycles. The van der Waals surface area contributed by atoms with Crippen LogP contribution in [-0.4, -0.2) is 9.13 Å². The van der Waals surface area contributed by atoms with Crippen LogP contribution in [0, 0.1) is 21.7 Å². The summed E-state index contributed by atoms with van der Waals surface area (Å²) in [5, 5.41) is 10.8. The van der Waals surface area contributed by atoms with Gasteiger partial charge in [-0.15, -0.1) is 0 Å². The van der Waals surface area contributed by atoms with Crippen molar-refractivity contribution in [1.82, 2.24) is 0 Å². The molecule has 0 saturated heterocycles. The second-order valence-electron chi connectivity index (χ2n) is 3.98. The number of benzene rings is 2. The molecule has 7 heteroatoms. The van der Waals surface area contributed by atoms with E-state index >= 15 is 0 Å². The third kappa shape index (κ3) is 3.24. The van der Waals surface area contributed by atoms with Crippen molar-refractivity contribution in [3.63, 3.8) is 0 Å². The van der Waals surface area contributed by atoms with Crippen LogP contribution >= 0.6 is 0 Å². The number of hydrogen-bond acceptors (Lipinski definition) is 3. The standard InChI is InChI=1S/C13H9F2NO3S/c14-10-2-1-3-12(7-10)20(19)8-9-6-11(15)4-5-13(9)16(17)18/h1-7H,8H2. The first-order chi connectivity index (χ1) is 9.47. The van der Waals surface area contributed by atoms with E-state index in [1.54, 1.807) is 0 Å². The molecule has 0 fully saturated rings. The lowest BCUT2D eigenvalue weighted by atomic mass is 10.2. The molecule has 0 heterocycles. The van der Waals surface area contributed by atoms with Crippen molar-refractivity contribution in [2.24, 2.45) is 0 Å². The molecule has 0 radical (unpaired) electrons. The zero-order valence-corrected chi connectivity index (χ0v) is 10.9. The second kappa shape index (κ2) is 5.87. The van der Waals surface area contributed by atoms with Crippen LogP contribution in [0.2, 0.25) is 0 Å². The summed E-state index contributed by atoms with van der Waals surface area (Å²) in [6, 6.07) is 8.08. The van der Waals surface area contributed by atoms with E-state index in [1.807, 2.05) is 0 Å². The molecule has 0 aliphatic rings. The van der Waals surface area contributed by atoms with Crippen molar-refractivity contribution in [1.29, 1.82) is 0 Å². The van der Waals surface area contributed by atoms with Crippen molar-refractivity contribution in [3.05, 3.63) is 69.8 Å². The van der Waals surface area contributed by atoms with Crippen molar-refractivity contribution in [3.8, 4) is 0 Å². The van der Waals surface area contributed by atoms with E-state index in [2.05, 4.69) is 0 Å². The highest BCUT2D eigenvalue weighted by Gasteiger charge is 2.17. The Morgan fingerprint density at radius 1 is 1.10 bits per heavy atom. The molecule has 0 spiro atoms. The van der Waals surface area contributed by atoms with Gasteiger partial charge in [0.05, 0.1) is 21.5 Å². The maximum Gasteiger partial charge on any atom is 0.273 e. The molecule has 1 unspecified atom stereocenters. The predicted molar refractivity (Wildman–Crippen MR) is 69.6 cm³/mol. The van der Waals surface area contributed by atoms with Crippen LogP contribution in [0.25, 0.3) is 0 Å². The highest BCUT2D eigenvalue weighted by Crippen LogP contribution is 2.23. The van der Waals surface area contributed by atoms with E-state index in [9.17, 15) is 23.1 Å². The SMILES string of the molecule is O=[N+]([O-])c1ccc(F)cc1CS(=O)c1cccc(F)c1. The Balaban J connectivity index is 2.32. The van der Waals surface area contributed by atoms with Gasteiger partial charge >= 0.3 is 0 Å². The minimum Gasteiger partial charge on any atom is -0.258 e. The van der Waals surface area contributed by atoms with Crippen LogP contribution in [0.1, 0.15) is 5.56 Å². The van der Waals surface area contributed by atoms with Gasteiger partial charge in [-0.3, -0.25) is 14.3 Å². The summed E-state index contributed by atoms with van der Waals surface area (Å²) in [5.41, 5.74) is -0.297. The summed E-state index contributed by atoms with van der Waals surface area (Å²) in [7, 11) is -1.69. The summed E-state index contributed by atoms with van der Waals surface area (Å²) in [5.74, 6) is -1.45. The average molecular weight is 297 g/mol. The molecule has 20 heavy (non-hydrogen) atoms. The fraction of sp³-hybridized carbons (Fsp3) is 0.0769. The molecule has 0 bridgehead atoms. The van der Waals surface area contributed by atoms with E-state index in [4.69, 9.17) is 0 Å². The molecule has 0 amide bonds. The van der Waals surface area contributed by atoms with Gasteiger partial charge in [0.1, 0.15) is 11.6 Å². The molecule has 0 aliphatic heterocycles. The Hall–Kier alpha value is -2.15. The summed E-state index contributed by atoms with van der Waals surface area (Å²) in [4.78, 5) is 10.4. The Kier molecular flexibility index (Phi) is 4.19. The summed E-state index contributed by atoms with van der Waals surface area (Å²) >= 11 is 0. The van der Waals surface area contributed by atoms with Gasteiger partial charge in [-0.25, -0.2) is 8.78 Å². The van der Waals surface area contributed by atoms with Gasteiger partial charge in [-0.1, -0.05) is 6.07 Å². The minimum absolute atomic E-state index is 0.0117. The lowest BCUT2D eigenvalue weighted by Gasteiger charge is -2.04. The number of nitro benzene ring substituents is 1. The van der Waals surface area contributed by atoms with Crippen LogP contribution in [-0.2, 0) is 16.6 Å². The van der Waals surface area contributed by atoms with Gasteiger partial charge in [0.15, 0.2) is 0 Å². The predicted octanol–water partition coefficient (Wildman–Crippen LogP) is 3.18. The maximum atomic E-state index is 13.1. The highest BCUT2D eigenvalue weighted by atomic mass is 32.2. The molecule has 0 aliphatic carbocycles. The Morgan fingerprint density at radius 2 is 1.80 bits per heavy atom. The Bertz CT molecular complexity index is 691. The van der Waals surface area contributed by atoms with Gasteiger partial charge in [0, 0.05) is 16.5 Å².